The molecule has 0 radical (unpaired) electrons. The molecule has 48 heavy (non-hydrogen) atoms. The summed E-state index contributed by atoms with van der Waals surface area (Å²) in [4.78, 5) is 30.5. The molecule has 0 aromatic heterocycles. The van der Waals surface area contributed by atoms with Gasteiger partial charge in [0.25, 0.3) is 15.9 Å². The highest BCUT2D eigenvalue weighted by atomic mass is 35.5. The Hall–Kier alpha value is -3.84. The van der Waals surface area contributed by atoms with Gasteiger partial charge in [0, 0.05) is 49.1 Å². The summed E-state index contributed by atoms with van der Waals surface area (Å²) in [6, 6.07) is 18.7. The van der Waals surface area contributed by atoms with E-state index in [2.05, 4.69) is 10.0 Å². The van der Waals surface area contributed by atoms with Gasteiger partial charge in [-0.15, -0.1) is 0 Å². The first-order valence-electron chi connectivity index (χ1n) is 16.1. The molecule has 3 aromatic rings. The van der Waals surface area contributed by atoms with Gasteiger partial charge in [-0.3, -0.25) is 9.52 Å². The summed E-state index contributed by atoms with van der Waals surface area (Å²) < 4.78 is 41.5. The van der Waals surface area contributed by atoms with Crippen LogP contribution in [0.1, 0.15) is 50.4 Å². The normalized spacial score (nSPS) is 20.1. The Morgan fingerprint density at radius 3 is 2.46 bits per heavy atom. The van der Waals surface area contributed by atoms with Gasteiger partial charge in [-0.25, -0.2) is 13.2 Å². The number of nitrogens with one attached hydrogen (secondary N) is 2. The second-order valence-corrected chi connectivity index (χ2v) is 14.4. The minimum absolute atomic E-state index is 0.0148. The number of urea groups is 1. The number of carbonyl (C=O) groups excluding carboxylic acids is 2. The molecule has 0 bridgehead atoms. The molecule has 0 saturated heterocycles. The number of amides is 3. The van der Waals surface area contributed by atoms with Crippen molar-refractivity contribution in [3.8, 4) is 5.75 Å². The molecule has 13 heteroatoms. The summed E-state index contributed by atoms with van der Waals surface area (Å²) in [5.41, 5.74) is 0.999. The lowest BCUT2D eigenvalue weighted by Gasteiger charge is -2.35. The molecule has 3 N–H and O–H groups in total. The topological polar surface area (TPSA) is 138 Å². The molecular weight excluding hydrogens is 656 g/mol. The molecule has 3 aromatic carbocycles. The molecule has 260 valence electrons. The van der Waals surface area contributed by atoms with E-state index in [1.807, 2.05) is 44.2 Å². The number of aliphatic hydroxyl groups is 1. The molecule has 0 spiro atoms. The van der Waals surface area contributed by atoms with E-state index in [4.69, 9.17) is 21.1 Å². The van der Waals surface area contributed by atoms with Crippen LogP contribution in [0.25, 0.3) is 0 Å². The van der Waals surface area contributed by atoms with Crippen molar-refractivity contribution < 1.29 is 32.6 Å². The molecule has 4 rings (SSSR count). The SMILES string of the molecule is C[C@@H]1CN([C@@H](C)CO)C(=O)c2cc(NS(=O)(=O)c3ccc(Cl)cc3)ccc2O[C@@H](C)CCCCO[C@@H]1CN(C)C(=O)Nc1ccccc1. The fourth-order valence-corrected chi connectivity index (χ4v) is 6.55. The van der Waals surface area contributed by atoms with E-state index in [-0.39, 0.29) is 53.9 Å². The molecule has 11 nitrogen and oxygen atoms in total. The van der Waals surface area contributed by atoms with E-state index < -0.39 is 28.1 Å². The van der Waals surface area contributed by atoms with E-state index in [0.29, 0.717) is 29.5 Å². The number of anilines is 2. The lowest BCUT2D eigenvalue weighted by molar-refractivity contribution is -0.0115. The van der Waals surface area contributed by atoms with Gasteiger partial charge in [0.05, 0.1) is 35.3 Å². The number of halogens is 1. The Kier molecular flexibility index (Phi) is 13.1. The quantitative estimate of drug-likeness (QED) is 0.258. The Bertz CT molecular complexity index is 1630. The molecule has 1 heterocycles. The average Bonchev–Trinajstić information content (AvgIpc) is 3.06. The molecule has 3 amide bonds. The van der Waals surface area contributed by atoms with Gasteiger partial charge in [-0.2, -0.15) is 0 Å². The maximum Gasteiger partial charge on any atom is 0.321 e. The molecule has 0 unspecified atom stereocenters. The van der Waals surface area contributed by atoms with Crippen LogP contribution in [0.5, 0.6) is 5.75 Å². The van der Waals surface area contributed by atoms with Crippen LogP contribution in [0.3, 0.4) is 0 Å². The first-order valence-corrected chi connectivity index (χ1v) is 17.9. The Labute approximate surface area is 288 Å². The third-order valence-corrected chi connectivity index (χ3v) is 9.90. The van der Waals surface area contributed by atoms with Crippen LogP contribution in [0, 0.1) is 5.92 Å². The minimum Gasteiger partial charge on any atom is -0.490 e. The highest BCUT2D eigenvalue weighted by molar-refractivity contribution is 7.92. The maximum absolute atomic E-state index is 14.4. The minimum atomic E-state index is -3.99. The van der Waals surface area contributed by atoms with E-state index in [0.717, 1.165) is 12.8 Å². The van der Waals surface area contributed by atoms with Gasteiger partial charge in [-0.1, -0.05) is 36.7 Å². The number of benzene rings is 3. The number of nitrogens with zero attached hydrogens (tertiary/aromatic N) is 2. The fraction of sp³-hybridized carbons (Fsp3) is 0.429. The number of aliphatic hydroxyl groups excluding tert-OH is 1. The summed E-state index contributed by atoms with van der Waals surface area (Å²) in [6.45, 7) is 6.21. The number of fused-ring (bicyclic) bond motifs is 1. The molecule has 1 aliphatic rings. The number of hydrogen-bond donors (Lipinski definition) is 3. The summed E-state index contributed by atoms with van der Waals surface area (Å²) >= 11 is 5.95. The van der Waals surface area contributed by atoms with Crippen molar-refractivity contribution in [2.75, 3.05) is 43.4 Å². The van der Waals surface area contributed by atoms with Crippen molar-refractivity contribution in [2.45, 2.75) is 63.2 Å². The fourth-order valence-electron chi connectivity index (χ4n) is 5.37. The highest BCUT2D eigenvalue weighted by Crippen LogP contribution is 2.30. The van der Waals surface area contributed by atoms with E-state index in [1.165, 1.54) is 30.3 Å². The van der Waals surface area contributed by atoms with Gasteiger partial charge in [0.2, 0.25) is 0 Å². The van der Waals surface area contributed by atoms with Crippen molar-refractivity contribution in [3.05, 3.63) is 83.4 Å². The first kappa shape index (κ1) is 37.0. The van der Waals surface area contributed by atoms with Crippen molar-refractivity contribution in [3.63, 3.8) is 0 Å². The maximum atomic E-state index is 14.4. The van der Waals surface area contributed by atoms with Crippen LogP contribution in [0.4, 0.5) is 16.2 Å². The van der Waals surface area contributed by atoms with Crippen LogP contribution in [-0.2, 0) is 14.8 Å². The molecule has 0 fully saturated rings. The second-order valence-electron chi connectivity index (χ2n) is 12.2. The van der Waals surface area contributed by atoms with Crippen LogP contribution >= 0.6 is 11.6 Å². The summed E-state index contributed by atoms with van der Waals surface area (Å²) in [7, 11) is -2.30. The van der Waals surface area contributed by atoms with Crippen LogP contribution in [-0.4, -0.2) is 86.9 Å². The number of sulfonamides is 1. The summed E-state index contributed by atoms with van der Waals surface area (Å²) in [5, 5.41) is 13.5. The third-order valence-electron chi connectivity index (χ3n) is 8.25. The molecular formula is C35H45ClN4O7S. The zero-order valence-electron chi connectivity index (χ0n) is 27.8. The number of likely N-dealkylation sites (N-methyl/N-ethyl adjacent to an activating group) is 1. The lowest BCUT2D eigenvalue weighted by atomic mass is 10.0. The highest BCUT2D eigenvalue weighted by Gasteiger charge is 2.31. The summed E-state index contributed by atoms with van der Waals surface area (Å²) in [6.07, 6.45) is 1.60. The summed E-state index contributed by atoms with van der Waals surface area (Å²) in [5.74, 6) is -0.385. The monoisotopic (exact) mass is 700 g/mol. The van der Waals surface area contributed by atoms with Gasteiger partial charge in [0.1, 0.15) is 5.75 Å². The van der Waals surface area contributed by atoms with E-state index >= 15 is 0 Å². The number of ether oxygens (including phenoxy) is 2. The van der Waals surface area contributed by atoms with Crippen LogP contribution < -0.4 is 14.8 Å². The van der Waals surface area contributed by atoms with Crippen LogP contribution in [0.2, 0.25) is 5.02 Å². The predicted octanol–water partition coefficient (Wildman–Crippen LogP) is 6.10. The number of carbonyl (C=O) groups is 2. The Morgan fingerprint density at radius 1 is 1.06 bits per heavy atom. The van der Waals surface area contributed by atoms with Crippen molar-refractivity contribution in [1.82, 2.24) is 9.80 Å². The lowest BCUT2D eigenvalue weighted by Crippen LogP contribution is -2.48. The smallest absolute Gasteiger partial charge is 0.321 e. The third kappa shape index (κ3) is 10.1. The number of rotatable bonds is 8. The zero-order chi connectivity index (χ0) is 34.8. The zero-order valence-corrected chi connectivity index (χ0v) is 29.3. The van der Waals surface area contributed by atoms with E-state index in [1.54, 1.807) is 35.9 Å². The number of hydrogen-bond acceptors (Lipinski definition) is 7. The van der Waals surface area contributed by atoms with Crippen molar-refractivity contribution >= 4 is 44.9 Å². The standard InChI is InChI=1S/C35H45ClN4O7S/c1-24-21-40(25(2)23-41)34(42)31-20-29(38-48(44,45)30-16-13-27(36)14-17-30)15-18-32(31)47-26(3)10-8-9-19-46-33(24)22-39(4)35(43)37-28-11-6-5-7-12-28/h5-7,11-18,20,24-26,33,38,41H,8-10,19,21-23H2,1-4H3,(H,37,43)/t24-,25+,26+,33-/m1/s1. The van der Waals surface area contributed by atoms with Gasteiger partial charge >= 0.3 is 6.03 Å². The second kappa shape index (κ2) is 17.0. The first-order chi connectivity index (χ1) is 22.9. The average molecular weight is 701 g/mol. The van der Waals surface area contributed by atoms with Crippen molar-refractivity contribution in [2.24, 2.45) is 5.92 Å². The molecule has 0 saturated carbocycles. The Balaban J connectivity index is 1.63. The van der Waals surface area contributed by atoms with Crippen LogP contribution in [0.15, 0.2) is 77.7 Å². The van der Waals surface area contributed by atoms with Crippen molar-refractivity contribution in [1.29, 1.82) is 0 Å². The number of para-hydroxylation sites is 1. The largest absolute Gasteiger partial charge is 0.490 e. The van der Waals surface area contributed by atoms with Gasteiger partial charge in [0.15, 0.2) is 0 Å². The Morgan fingerprint density at radius 2 is 1.77 bits per heavy atom. The predicted molar refractivity (Wildman–Crippen MR) is 187 cm³/mol. The van der Waals surface area contributed by atoms with Gasteiger partial charge in [-0.05, 0) is 87.7 Å². The molecule has 1 aliphatic heterocycles. The molecule has 0 aliphatic carbocycles. The van der Waals surface area contributed by atoms with E-state index in [9.17, 15) is 23.1 Å². The molecule has 4 atom stereocenters. The van der Waals surface area contributed by atoms with Gasteiger partial charge < -0.3 is 29.7 Å².